The summed E-state index contributed by atoms with van der Waals surface area (Å²) in [7, 11) is 0. The number of thiophene rings is 1. The van der Waals surface area contributed by atoms with Gasteiger partial charge in [0.25, 0.3) is 0 Å². The van der Waals surface area contributed by atoms with Crippen LogP contribution in [-0.2, 0) is 6.42 Å². The molecule has 20 heavy (non-hydrogen) atoms. The van der Waals surface area contributed by atoms with Crippen LogP contribution in [0.15, 0.2) is 24.3 Å². The minimum Gasteiger partial charge on any atom is -0.306 e. The second-order valence-corrected chi connectivity index (χ2v) is 5.94. The van der Waals surface area contributed by atoms with E-state index < -0.39 is 17.7 Å². The van der Waals surface area contributed by atoms with Crippen LogP contribution in [0.5, 0.6) is 0 Å². The summed E-state index contributed by atoms with van der Waals surface area (Å²) in [5, 5.41) is 3.19. The quantitative estimate of drug-likeness (QED) is 0.850. The van der Waals surface area contributed by atoms with Gasteiger partial charge in [0.05, 0.1) is 6.04 Å². The summed E-state index contributed by atoms with van der Waals surface area (Å²) in [5.41, 5.74) is 0.591. The molecule has 0 spiro atoms. The van der Waals surface area contributed by atoms with Crippen LogP contribution >= 0.6 is 11.3 Å². The fourth-order valence-electron chi connectivity index (χ4n) is 2.23. The van der Waals surface area contributed by atoms with E-state index in [0.29, 0.717) is 12.1 Å². The number of halogens is 2. The molecular weight excluding hydrogens is 276 g/mol. The Morgan fingerprint density at radius 2 is 1.90 bits per heavy atom. The summed E-state index contributed by atoms with van der Waals surface area (Å²) in [4.78, 5) is 2.17. The van der Waals surface area contributed by atoms with Crippen molar-refractivity contribution in [1.82, 2.24) is 5.32 Å². The molecular formula is C16H19F2NS. The lowest BCUT2D eigenvalue weighted by Crippen LogP contribution is -2.23. The number of hydrogen-bond acceptors (Lipinski definition) is 2. The maximum Gasteiger partial charge on any atom is 0.134 e. The number of benzene rings is 1. The zero-order chi connectivity index (χ0) is 14.7. The maximum atomic E-state index is 14.3. The van der Waals surface area contributed by atoms with Crippen molar-refractivity contribution in [2.75, 3.05) is 6.54 Å². The molecule has 0 bridgehead atoms. The molecule has 1 aromatic heterocycles. The van der Waals surface area contributed by atoms with E-state index in [2.05, 4.69) is 12.2 Å². The van der Waals surface area contributed by atoms with Crippen molar-refractivity contribution in [1.29, 1.82) is 0 Å². The molecule has 108 valence electrons. The van der Waals surface area contributed by atoms with Gasteiger partial charge in [-0.05, 0) is 43.7 Å². The van der Waals surface area contributed by atoms with E-state index in [1.165, 1.54) is 17.0 Å². The molecule has 0 aliphatic heterocycles. The summed E-state index contributed by atoms with van der Waals surface area (Å²) in [6, 6.07) is 6.37. The fraction of sp³-hybridized carbons (Fsp3) is 0.375. The molecule has 1 aromatic carbocycles. The Morgan fingerprint density at radius 1 is 1.15 bits per heavy atom. The molecule has 0 saturated heterocycles. The number of nitrogens with one attached hydrogen (secondary N) is 1. The van der Waals surface area contributed by atoms with Crippen LogP contribution < -0.4 is 5.32 Å². The number of aryl methyl sites for hydroxylation is 2. The molecule has 1 heterocycles. The van der Waals surface area contributed by atoms with Gasteiger partial charge < -0.3 is 5.32 Å². The van der Waals surface area contributed by atoms with E-state index in [4.69, 9.17) is 0 Å². The Morgan fingerprint density at radius 3 is 2.50 bits per heavy atom. The van der Waals surface area contributed by atoms with Crippen LogP contribution in [-0.4, -0.2) is 6.54 Å². The molecule has 1 nitrogen and oxygen atoms in total. The van der Waals surface area contributed by atoms with E-state index in [1.807, 2.05) is 19.1 Å². The first-order valence-corrected chi connectivity index (χ1v) is 7.66. The maximum absolute atomic E-state index is 14.3. The van der Waals surface area contributed by atoms with Crippen molar-refractivity contribution in [3.63, 3.8) is 0 Å². The molecule has 0 saturated carbocycles. The Hall–Kier alpha value is -1.26. The van der Waals surface area contributed by atoms with Crippen molar-refractivity contribution < 1.29 is 8.78 Å². The fourth-order valence-corrected chi connectivity index (χ4v) is 3.27. The van der Waals surface area contributed by atoms with E-state index >= 15 is 0 Å². The average molecular weight is 295 g/mol. The zero-order valence-corrected chi connectivity index (χ0v) is 12.8. The Balaban J connectivity index is 2.51. The lowest BCUT2D eigenvalue weighted by Gasteiger charge is -2.19. The van der Waals surface area contributed by atoms with Gasteiger partial charge in [-0.2, -0.15) is 0 Å². The normalized spacial score (nSPS) is 12.7. The minimum absolute atomic E-state index is 0.122. The number of hydrogen-bond donors (Lipinski definition) is 1. The highest BCUT2D eigenvalue weighted by molar-refractivity contribution is 7.12. The highest BCUT2D eigenvalue weighted by Crippen LogP contribution is 2.32. The van der Waals surface area contributed by atoms with Crippen LogP contribution in [0.4, 0.5) is 8.78 Å². The predicted octanol–water partition coefficient (Wildman–Crippen LogP) is 4.60. The smallest absolute Gasteiger partial charge is 0.134 e. The van der Waals surface area contributed by atoms with Gasteiger partial charge in [-0.1, -0.05) is 19.9 Å². The van der Waals surface area contributed by atoms with Gasteiger partial charge in [0.2, 0.25) is 0 Å². The lowest BCUT2D eigenvalue weighted by atomic mass is 10.0. The molecule has 4 heteroatoms. The van der Waals surface area contributed by atoms with Crippen LogP contribution in [0.2, 0.25) is 0 Å². The standard InChI is InChI=1S/C16H19F2NS/c1-4-11-7-9-13(20-11)16(19-5-2)14-12(17)8-6-10(3)15(14)18/h6-9,16,19H,4-5H2,1-3H3. The second-order valence-electron chi connectivity index (χ2n) is 4.74. The first kappa shape index (κ1) is 15.1. The summed E-state index contributed by atoms with van der Waals surface area (Å²) >= 11 is 1.60. The van der Waals surface area contributed by atoms with Crippen molar-refractivity contribution in [2.45, 2.75) is 33.2 Å². The molecule has 0 amide bonds. The largest absolute Gasteiger partial charge is 0.306 e. The third kappa shape index (κ3) is 2.91. The van der Waals surface area contributed by atoms with Gasteiger partial charge in [0.15, 0.2) is 0 Å². The average Bonchev–Trinajstić information content (AvgIpc) is 2.91. The van der Waals surface area contributed by atoms with Crippen molar-refractivity contribution in [2.24, 2.45) is 0 Å². The van der Waals surface area contributed by atoms with E-state index in [0.717, 1.165) is 11.3 Å². The molecule has 1 N–H and O–H groups in total. The number of rotatable bonds is 5. The van der Waals surface area contributed by atoms with Gasteiger partial charge in [-0.3, -0.25) is 0 Å². The highest BCUT2D eigenvalue weighted by Gasteiger charge is 2.23. The first-order chi connectivity index (χ1) is 9.58. The molecule has 1 unspecified atom stereocenters. The Bertz CT molecular complexity index is 592. The van der Waals surface area contributed by atoms with Gasteiger partial charge in [-0.15, -0.1) is 11.3 Å². The molecule has 1 atom stereocenters. The molecule has 0 aliphatic carbocycles. The highest BCUT2D eigenvalue weighted by atomic mass is 32.1. The van der Waals surface area contributed by atoms with Crippen molar-refractivity contribution >= 4 is 11.3 Å². The Kier molecular flexibility index (Phi) is 4.89. The summed E-state index contributed by atoms with van der Waals surface area (Å²) < 4.78 is 28.4. The lowest BCUT2D eigenvalue weighted by molar-refractivity contribution is 0.509. The van der Waals surface area contributed by atoms with E-state index in [9.17, 15) is 8.78 Å². The molecule has 0 fully saturated rings. The van der Waals surface area contributed by atoms with Crippen molar-refractivity contribution in [3.8, 4) is 0 Å². The second kappa shape index (κ2) is 6.46. The van der Waals surface area contributed by atoms with Crippen molar-refractivity contribution in [3.05, 3.63) is 56.8 Å². The molecule has 0 radical (unpaired) electrons. The van der Waals surface area contributed by atoms with E-state index in [-0.39, 0.29) is 5.56 Å². The SMILES string of the molecule is CCNC(c1ccc(CC)s1)c1c(F)ccc(C)c1F. The van der Waals surface area contributed by atoms with Crippen LogP contribution in [0.1, 0.15) is 40.8 Å². The monoisotopic (exact) mass is 295 g/mol. The van der Waals surface area contributed by atoms with Crippen LogP contribution in [0, 0.1) is 18.6 Å². The summed E-state index contributed by atoms with van der Waals surface area (Å²) in [6.45, 7) is 6.32. The van der Waals surface area contributed by atoms with Crippen LogP contribution in [0.3, 0.4) is 0 Å². The third-order valence-corrected chi connectivity index (χ3v) is 4.63. The van der Waals surface area contributed by atoms with Gasteiger partial charge in [-0.25, -0.2) is 8.78 Å². The predicted molar refractivity (Wildman–Crippen MR) is 80.3 cm³/mol. The van der Waals surface area contributed by atoms with Gasteiger partial charge in [0.1, 0.15) is 11.6 Å². The molecule has 0 aliphatic rings. The minimum atomic E-state index is -0.495. The van der Waals surface area contributed by atoms with Gasteiger partial charge in [0, 0.05) is 15.3 Å². The summed E-state index contributed by atoms with van der Waals surface area (Å²) in [5.74, 6) is -0.951. The molecule has 2 rings (SSSR count). The third-order valence-electron chi connectivity index (χ3n) is 3.33. The first-order valence-electron chi connectivity index (χ1n) is 6.84. The Labute approximate surface area is 122 Å². The van der Waals surface area contributed by atoms with Gasteiger partial charge >= 0.3 is 0 Å². The molecule has 2 aromatic rings. The topological polar surface area (TPSA) is 12.0 Å². The van der Waals surface area contributed by atoms with E-state index in [1.54, 1.807) is 18.3 Å². The summed E-state index contributed by atoms with van der Waals surface area (Å²) in [6.07, 6.45) is 0.933. The zero-order valence-electron chi connectivity index (χ0n) is 12.0. The van der Waals surface area contributed by atoms with Crippen LogP contribution in [0.25, 0.3) is 0 Å².